The van der Waals surface area contributed by atoms with Crippen LogP contribution in [-0.2, 0) is 15.6 Å². The molecule has 1 aliphatic carbocycles. The summed E-state index contributed by atoms with van der Waals surface area (Å²) in [6, 6.07) is 4.38. The summed E-state index contributed by atoms with van der Waals surface area (Å²) in [5, 5.41) is 0. The lowest BCUT2D eigenvalue weighted by atomic mass is 9.89. The summed E-state index contributed by atoms with van der Waals surface area (Å²) in [5.41, 5.74) is 3.52. The van der Waals surface area contributed by atoms with Crippen molar-refractivity contribution >= 4 is 16.6 Å². The van der Waals surface area contributed by atoms with Crippen molar-refractivity contribution in [3.63, 3.8) is 0 Å². The number of hydrogen-bond donors (Lipinski definition) is 0. The molecule has 0 unspecified atom stereocenters. The molecule has 24 heavy (non-hydrogen) atoms. The van der Waals surface area contributed by atoms with E-state index in [9.17, 15) is 9.00 Å². The highest BCUT2D eigenvalue weighted by atomic mass is 32.2. The van der Waals surface area contributed by atoms with E-state index in [1.54, 1.807) is 0 Å². The smallest absolute Gasteiger partial charge is 0.172 e. The standard InChI is InChI=1S/C21H30O2S/c1-12(2)16-10-17(13(3)4)21(18(11-16)14(5)6)24(23)20-9-15(7)8-19(20)22/h9-15H,8H2,1-7H3/t15-,24-/m1/s1. The first-order valence-electron chi connectivity index (χ1n) is 8.98. The van der Waals surface area contributed by atoms with Crippen LogP contribution in [0.4, 0.5) is 0 Å². The Kier molecular flexibility index (Phi) is 5.85. The molecule has 0 amide bonds. The normalized spacial score (nSPS) is 19.5. The van der Waals surface area contributed by atoms with Crippen LogP contribution in [0.15, 0.2) is 28.0 Å². The van der Waals surface area contributed by atoms with Crippen LogP contribution in [0, 0.1) is 5.92 Å². The average Bonchev–Trinajstić information content (AvgIpc) is 2.83. The Hall–Kier alpha value is -1.22. The van der Waals surface area contributed by atoms with Crippen LogP contribution in [0.5, 0.6) is 0 Å². The predicted molar refractivity (Wildman–Crippen MR) is 102 cm³/mol. The molecule has 0 spiro atoms. The Balaban J connectivity index is 2.69. The fourth-order valence-electron chi connectivity index (χ4n) is 3.18. The van der Waals surface area contributed by atoms with E-state index in [1.807, 2.05) is 13.0 Å². The third-order valence-corrected chi connectivity index (χ3v) is 6.29. The molecule has 0 bridgehead atoms. The maximum absolute atomic E-state index is 13.4. The highest BCUT2D eigenvalue weighted by Gasteiger charge is 2.30. The first kappa shape index (κ1) is 19.1. The second-order valence-electron chi connectivity index (χ2n) is 7.90. The molecule has 1 aliphatic rings. The molecule has 0 aromatic heterocycles. The number of rotatable bonds is 5. The molecule has 132 valence electrons. The fourth-order valence-corrected chi connectivity index (χ4v) is 5.07. The van der Waals surface area contributed by atoms with E-state index in [2.05, 4.69) is 53.7 Å². The zero-order valence-corrected chi connectivity index (χ0v) is 16.8. The van der Waals surface area contributed by atoms with Gasteiger partial charge in [0.15, 0.2) is 5.78 Å². The first-order valence-corrected chi connectivity index (χ1v) is 10.1. The summed E-state index contributed by atoms with van der Waals surface area (Å²) in [6.45, 7) is 14.9. The molecule has 0 aliphatic heterocycles. The number of carbonyl (C=O) groups excluding carboxylic acids is 1. The fraction of sp³-hybridized carbons (Fsp3) is 0.571. The lowest BCUT2D eigenvalue weighted by Crippen LogP contribution is -2.12. The summed E-state index contributed by atoms with van der Waals surface area (Å²) < 4.78 is 13.4. The van der Waals surface area contributed by atoms with E-state index < -0.39 is 10.8 Å². The summed E-state index contributed by atoms with van der Waals surface area (Å²) in [7, 11) is -1.38. The van der Waals surface area contributed by atoms with E-state index >= 15 is 0 Å². The van der Waals surface area contributed by atoms with Gasteiger partial charge in [-0.1, -0.05) is 66.7 Å². The van der Waals surface area contributed by atoms with E-state index in [0.717, 1.165) is 16.0 Å². The molecule has 0 saturated carbocycles. The molecular formula is C21H30O2S. The molecule has 2 rings (SSSR count). The first-order chi connectivity index (χ1) is 11.1. The van der Waals surface area contributed by atoms with Gasteiger partial charge in [0.2, 0.25) is 0 Å². The number of ketones is 1. The summed E-state index contributed by atoms with van der Waals surface area (Å²) in [4.78, 5) is 13.7. The molecule has 0 radical (unpaired) electrons. The van der Waals surface area contributed by atoms with Crippen LogP contribution in [0.2, 0.25) is 0 Å². The van der Waals surface area contributed by atoms with Gasteiger partial charge in [0.1, 0.15) is 0 Å². The second kappa shape index (κ2) is 7.35. The molecular weight excluding hydrogens is 316 g/mol. The molecule has 0 fully saturated rings. The molecule has 1 aromatic rings. The third-order valence-electron chi connectivity index (χ3n) is 4.68. The van der Waals surface area contributed by atoms with Crippen LogP contribution in [0.25, 0.3) is 0 Å². The van der Waals surface area contributed by atoms with Crippen molar-refractivity contribution < 1.29 is 9.00 Å². The minimum Gasteiger partial charge on any atom is -0.293 e. The monoisotopic (exact) mass is 346 g/mol. The van der Waals surface area contributed by atoms with Gasteiger partial charge in [-0.15, -0.1) is 0 Å². The Morgan fingerprint density at radius 3 is 1.79 bits per heavy atom. The quantitative estimate of drug-likeness (QED) is 0.689. The number of carbonyl (C=O) groups is 1. The predicted octanol–water partition coefficient (Wildman–Crippen LogP) is 5.66. The summed E-state index contributed by atoms with van der Waals surface area (Å²) in [5.74, 6) is 1.20. The second-order valence-corrected chi connectivity index (χ2v) is 9.28. The highest BCUT2D eigenvalue weighted by Crippen LogP contribution is 2.37. The van der Waals surface area contributed by atoms with Crippen molar-refractivity contribution in [2.75, 3.05) is 0 Å². The SMILES string of the molecule is CC(C)c1cc(C(C)C)c([S@](=O)C2=C[C@H](C)CC2=O)c(C(C)C)c1. The van der Waals surface area contributed by atoms with Gasteiger partial charge in [-0.25, -0.2) is 4.21 Å². The van der Waals surface area contributed by atoms with Crippen molar-refractivity contribution in [1.82, 2.24) is 0 Å². The van der Waals surface area contributed by atoms with Gasteiger partial charge in [-0.2, -0.15) is 0 Å². The van der Waals surface area contributed by atoms with Gasteiger partial charge in [-0.05, 0) is 40.4 Å². The van der Waals surface area contributed by atoms with Crippen molar-refractivity contribution in [2.24, 2.45) is 5.92 Å². The van der Waals surface area contributed by atoms with Gasteiger partial charge < -0.3 is 0 Å². The molecule has 3 heteroatoms. The lowest BCUT2D eigenvalue weighted by Gasteiger charge is -2.22. The minimum absolute atomic E-state index is 0.0400. The van der Waals surface area contributed by atoms with E-state index in [1.165, 1.54) is 5.56 Å². The summed E-state index contributed by atoms with van der Waals surface area (Å²) in [6.07, 6.45) is 2.39. The zero-order valence-electron chi connectivity index (χ0n) is 16.0. The lowest BCUT2D eigenvalue weighted by molar-refractivity contribution is -0.114. The van der Waals surface area contributed by atoms with Crippen LogP contribution in [0.1, 0.15) is 89.3 Å². The molecule has 2 atom stereocenters. The van der Waals surface area contributed by atoms with Gasteiger partial charge in [-0.3, -0.25) is 4.79 Å². The van der Waals surface area contributed by atoms with Gasteiger partial charge in [0.25, 0.3) is 0 Å². The van der Waals surface area contributed by atoms with Crippen LogP contribution < -0.4 is 0 Å². The van der Waals surface area contributed by atoms with E-state index in [-0.39, 0.29) is 23.5 Å². The maximum Gasteiger partial charge on any atom is 0.172 e. The average molecular weight is 347 g/mol. The van der Waals surface area contributed by atoms with Crippen molar-refractivity contribution in [2.45, 2.75) is 77.5 Å². The number of allylic oxidation sites excluding steroid dienone is 2. The van der Waals surface area contributed by atoms with Gasteiger partial charge in [0, 0.05) is 6.42 Å². The Bertz CT molecular complexity index is 667. The van der Waals surface area contributed by atoms with Gasteiger partial charge in [0.05, 0.1) is 20.6 Å². The zero-order chi connectivity index (χ0) is 18.2. The van der Waals surface area contributed by atoms with Crippen LogP contribution in [0.3, 0.4) is 0 Å². The molecule has 2 nitrogen and oxygen atoms in total. The largest absolute Gasteiger partial charge is 0.293 e. The van der Waals surface area contributed by atoms with Crippen molar-refractivity contribution in [3.05, 3.63) is 39.8 Å². The van der Waals surface area contributed by atoms with E-state index in [4.69, 9.17) is 0 Å². The number of benzene rings is 1. The number of Topliss-reactive ketones (excluding diaryl/α,β-unsaturated/α-hetero) is 1. The molecule has 0 saturated heterocycles. The number of hydrogen-bond acceptors (Lipinski definition) is 2. The van der Waals surface area contributed by atoms with Crippen LogP contribution >= 0.6 is 0 Å². The topological polar surface area (TPSA) is 34.1 Å². The molecule has 0 N–H and O–H groups in total. The Morgan fingerprint density at radius 2 is 1.46 bits per heavy atom. The molecule has 0 heterocycles. The Morgan fingerprint density at radius 1 is 0.958 bits per heavy atom. The van der Waals surface area contributed by atoms with Crippen molar-refractivity contribution in [1.29, 1.82) is 0 Å². The maximum atomic E-state index is 13.4. The highest BCUT2D eigenvalue weighted by molar-refractivity contribution is 7.90. The van der Waals surface area contributed by atoms with Gasteiger partial charge >= 0.3 is 0 Å². The van der Waals surface area contributed by atoms with E-state index in [0.29, 0.717) is 17.2 Å². The Labute approximate surface area is 149 Å². The summed E-state index contributed by atoms with van der Waals surface area (Å²) >= 11 is 0. The van der Waals surface area contributed by atoms with Crippen molar-refractivity contribution in [3.8, 4) is 0 Å². The minimum atomic E-state index is -1.38. The molecule has 1 aromatic carbocycles. The van der Waals surface area contributed by atoms with Crippen LogP contribution in [-0.4, -0.2) is 9.99 Å². The third kappa shape index (κ3) is 3.72.